The average Bonchev–Trinajstić information content (AvgIpc) is 2.58. The summed E-state index contributed by atoms with van der Waals surface area (Å²) in [5, 5.41) is 6.11. The van der Waals surface area contributed by atoms with Crippen LogP contribution >= 0.6 is 0 Å². The highest BCUT2D eigenvalue weighted by atomic mass is 16.1. The summed E-state index contributed by atoms with van der Waals surface area (Å²) in [5.74, 6) is 1.62. The molecule has 0 bridgehead atoms. The van der Waals surface area contributed by atoms with Crippen molar-refractivity contribution in [2.45, 2.75) is 26.2 Å². The van der Waals surface area contributed by atoms with Gasteiger partial charge in [0.25, 0.3) is 0 Å². The maximum atomic E-state index is 11.9. The van der Waals surface area contributed by atoms with Crippen molar-refractivity contribution in [1.29, 1.82) is 0 Å². The van der Waals surface area contributed by atoms with Gasteiger partial charge in [0.1, 0.15) is 0 Å². The van der Waals surface area contributed by atoms with Crippen LogP contribution < -0.4 is 10.6 Å². The molecule has 0 unspecified atom stereocenters. The Bertz CT molecular complexity index is 507. The van der Waals surface area contributed by atoms with Crippen LogP contribution in [0.5, 0.6) is 0 Å². The number of carbonyl (C=O) groups excluding carboxylic acids is 1. The fraction of sp³-hybridized carbons (Fsp3) is 0.556. The van der Waals surface area contributed by atoms with Gasteiger partial charge in [-0.05, 0) is 30.7 Å². The van der Waals surface area contributed by atoms with Crippen molar-refractivity contribution in [3.63, 3.8) is 0 Å². The molecule has 0 aliphatic carbocycles. The number of hydrogen-bond donors (Lipinski definition) is 2. The third kappa shape index (κ3) is 5.93. The first-order valence-electron chi connectivity index (χ1n) is 8.45. The Morgan fingerprint density at radius 1 is 1.22 bits per heavy atom. The smallest absolute Gasteiger partial charge is 0.239 e. The van der Waals surface area contributed by atoms with Gasteiger partial charge in [-0.2, -0.15) is 0 Å². The predicted octanol–water partition coefficient (Wildman–Crippen LogP) is 1.65. The standard InChI is InChI=1S/C18H28N4O/c1-15-9-12-22(13-10-15)18(19-2)21-14-17(23)20-11-8-16-6-4-3-5-7-16/h3-7,15H,8-14H2,1-2H3,(H,19,21)(H,20,23). The normalized spacial score (nSPS) is 16.3. The molecular weight excluding hydrogens is 288 g/mol. The van der Waals surface area contributed by atoms with Gasteiger partial charge < -0.3 is 15.5 Å². The Morgan fingerprint density at radius 3 is 2.57 bits per heavy atom. The molecule has 0 spiro atoms. The van der Waals surface area contributed by atoms with Gasteiger partial charge in [-0.25, -0.2) is 0 Å². The SMILES string of the molecule is CN=C(NCC(=O)NCCc1ccccc1)N1CCC(C)CC1. The minimum absolute atomic E-state index is 0.00691. The first-order valence-corrected chi connectivity index (χ1v) is 8.45. The van der Waals surface area contributed by atoms with E-state index in [1.165, 1.54) is 18.4 Å². The Morgan fingerprint density at radius 2 is 1.91 bits per heavy atom. The van der Waals surface area contributed by atoms with E-state index in [1.54, 1.807) is 7.05 Å². The van der Waals surface area contributed by atoms with Gasteiger partial charge in [-0.1, -0.05) is 37.3 Å². The van der Waals surface area contributed by atoms with Crippen molar-refractivity contribution < 1.29 is 4.79 Å². The van der Waals surface area contributed by atoms with Crippen LogP contribution in [0, 0.1) is 5.92 Å². The number of amides is 1. The second-order valence-corrected chi connectivity index (χ2v) is 6.16. The lowest BCUT2D eigenvalue weighted by Crippen LogP contribution is -2.48. The molecule has 0 radical (unpaired) electrons. The first kappa shape index (κ1) is 17.3. The largest absolute Gasteiger partial charge is 0.354 e. The molecule has 1 fully saturated rings. The fourth-order valence-corrected chi connectivity index (χ4v) is 2.77. The summed E-state index contributed by atoms with van der Waals surface area (Å²) in [7, 11) is 1.77. The molecule has 126 valence electrons. The topological polar surface area (TPSA) is 56.7 Å². The molecule has 2 rings (SSSR count). The van der Waals surface area contributed by atoms with Crippen molar-refractivity contribution >= 4 is 11.9 Å². The zero-order valence-corrected chi connectivity index (χ0v) is 14.2. The van der Waals surface area contributed by atoms with Gasteiger partial charge in [-0.3, -0.25) is 9.79 Å². The number of nitrogens with one attached hydrogen (secondary N) is 2. The van der Waals surface area contributed by atoms with E-state index >= 15 is 0 Å². The molecular formula is C18H28N4O. The quantitative estimate of drug-likeness (QED) is 0.641. The van der Waals surface area contributed by atoms with Gasteiger partial charge in [-0.15, -0.1) is 0 Å². The van der Waals surface area contributed by atoms with Crippen LogP contribution in [-0.4, -0.2) is 50.0 Å². The highest BCUT2D eigenvalue weighted by Gasteiger charge is 2.18. The Hall–Kier alpha value is -2.04. The van der Waals surface area contributed by atoms with E-state index in [0.717, 1.165) is 31.4 Å². The van der Waals surface area contributed by atoms with E-state index in [4.69, 9.17) is 0 Å². The Kier molecular flexibility index (Phi) is 6.91. The van der Waals surface area contributed by atoms with Crippen molar-refractivity contribution in [3.8, 4) is 0 Å². The maximum Gasteiger partial charge on any atom is 0.239 e. The van der Waals surface area contributed by atoms with Gasteiger partial charge in [0, 0.05) is 26.7 Å². The zero-order chi connectivity index (χ0) is 16.5. The van der Waals surface area contributed by atoms with E-state index < -0.39 is 0 Å². The lowest BCUT2D eigenvalue weighted by molar-refractivity contribution is -0.120. The van der Waals surface area contributed by atoms with E-state index in [9.17, 15) is 4.79 Å². The number of rotatable bonds is 5. The summed E-state index contributed by atoms with van der Waals surface area (Å²) in [5.41, 5.74) is 1.24. The van der Waals surface area contributed by atoms with Crippen LogP contribution in [-0.2, 0) is 11.2 Å². The predicted molar refractivity (Wildman–Crippen MR) is 94.5 cm³/mol. The minimum atomic E-state index is 0.00691. The van der Waals surface area contributed by atoms with Crippen LogP contribution in [0.2, 0.25) is 0 Å². The van der Waals surface area contributed by atoms with E-state index in [-0.39, 0.29) is 12.5 Å². The van der Waals surface area contributed by atoms with E-state index in [0.29, 0.717) is 6.54 Å². The second kappa shape index (κ2) is 9.18. The van der Waals surface area contributed by atoms with Crippen molar-refractivity contribution in [2.24, 2.45) is 10.9 Å². The van der Waals surface area contributed by atoms with Gasteiger partial charge in [0.2, 0.25) is 5.91 Å². The Labute approximate surface area is 139 Å². The van der Waals surface area contributed by atoms with Crippen molar-refractivity contribution in [2.75, 3.05) is 33.2 Å². The lowest BCUT2D eigenvalue weighted by Gasteiger charge is -2.32. The highest BCUT2D eigenvalue weighted by molar-refractivity contribution is 5.86. The molecule has 2 N–H and O–H groups in total. The molecule has 0 atom stereocenters. The molecule has 1 aliphatic rings. The van der Waals surface area contributed by atoms with Crippen LogP contribution in [0.1, 0.15) is 25.3 Å². The molecule has 5 heteroatoms. The minimum Gasteiger partial charge on any atom is -0.354 e. The summed E-state index contributed by atoms with van der Waals surface area (Å²) in [6.45, 7) is 5.23. The summed E-state index contributed by atoms with van der Waals surface area (Å²) in [6.07, 6.45) is 3.22. The van der Waals surface area contributed by atoms with Crippen LogP contribution in [0.3, 0.4) is 0 Å². The first-order chi connectivity index (χ1) is 11.2. The lowest BCUT2D eigenvalue weighted by atomic mass is 10.00. The molecule has 23 heavy (non-hydrogen) atoms. The summed E-state index contributed by atoms with van der Waals surface area (Å²) >= 11 is 0. The van der Waals surface area contributed by atoms with E-state index in [1.807, 2.05) is 18.2 Å². The van der Waals surface area contributed by atoms with Crippen LogP contribution in [0.15, 0.2) is 35.3 Å². The number of hydrogen-bond acceptors (Lipinski definition) is 2. The number of piperidine rings is 1. The highest BCUT2D eigenvalue weighted by Crippen LogP contribution is 2.15. The van der Waals surface area contributed by atoms with Crippen molar-refractivity contribution in [3.05, 3.63) is 35.9 Å². The average molecular weight is 316 g/mol. The Balaban J connectivity index is 1.66. The number of benzene rings is 1. The maximum absolute atomic E-state index is 11.9. The molecule has 1 aliphatic heterocycles. The van der Waals surface area contributed by atoms with Gasteiger partial charge in [0.05, 0.1) is 6.54 Å². The summed E-state index contributed by atoms with van der Waals surface area (Å²) in [6, 6.07) is 10.2. The molecule has 1 aromatic carbocycles. The molecule has 1 amide bonds. The van der Waals surface area contributed by atoms with Crippen molar-refractivity contribution in [1.82, 2.24) is 15.5 Å². The van der Waals surface area contributed by atoms with Crippen LogP contribution in [0.4, 0.5) is 0 Å². The third-order valence-corrected chi connectivity index (χ3v) is 4.28. The number of likely N-dealkylation sites (tertiary alicyclic amines) is 1. The van der Waals surface area contributed by atoms with E-state index in [2.05, 4.69) is 39.6 Å². The number of nitrogens with zero attached hydrogens (tertiary/aromatic N) is 2. The third-order valence-electron chi connectivity index (χ3n) is 4.28. The number of aliphatic imine (C=N–C) groups is 1. The summed E-state index contributed by atoms with van der Waals surface area (Å²) < 4.78 is 0. The van der Waals surface area contributed by atoms with Gasteiger partial charge in [0.15, 0.2) is 5.96 Å². The molecule has 0 aromatic heterocycles. The second-order valence-electron chi connectivity index (χ2n) is 6.16. The number of guanidine groups is 1. The molecule has 1 saturated heterocycles. The van der Waals surface area contributed by atoms with Crippen LogP contribution in [0.25, 0.3) is 0 Å². The zero-order valence-electron chi connectivity index (χ0n) is 14.2. The molecule has 1 heterocycles. The molecule has 5 nitrogen and oxygen atoms in total. The molecule has 1 aromatic rings. The number of carbonyl (C=O) groups is 1. The summed E-state index contributed by atoms with van der Waals surface area (Å²) in [4.78, 5) is 18.5. The molecule has 0 saturated carbocycles. The van der Waals surface area contributed by atoms with Gasteiger partial charge >= 0.3 is 0 Å². The fourth-order valence-electron chi connectivity index (χ4n) is 2.77. The monoisotopic (exact) mass is 316 g/mol.